The Morgan fingerprint density at radius 3 is 0.500 bits per heavy atom. The standard InChI is InChI=1S/C8H16.2Au/c1-2-4-6-8-7-5-3-1;;/h1-8H2;;. The van der Waals surface area contributed by atoms with Gasteiger partial charge >= 0.3 is 0 Å². The molecule has 1 rings (SSSR count). The molecule has 0 N–H and O–H groups in total. The zero-order valence-corrected chi connectivity index (χ0v) is 10.6. The molecule has 0 aromatic carbocycles. The minimum atomic E-state index is 0. The Balaban J connectivity index is 0. The van der Waals surface area contributed by atoms with Crippen molar-refractivity contribution < 1.29 is 44.8 Å². The summed E-state index contributed by atoms with van der Waals surface area (Å²) < 4.78 is 0. The molecule has 70 valence electrons. The second kappa shape index (κ2) is 10.5. The second-order valence-corrected chi connectivity index (χ2v) is 2.83. The first-order valence-corrected chi connectivity index (χ1v) is 4.00. The summed E-state index contributed by atoms with van der Waals surface area (Å²) in [6.07, 6.45) is 12.0. The van der Waals surface area contributed by atoms with Crippen LogP contribution in [-0.4, -0.2) is 0 Å². The van der Waals surface area contributed by atoms with Gasteiger partial charge in [-0.05, 0) is 0 Å². The maximum Gasteiger partial charge on any atom is 0 e. The Morgan fingerprint density at radius 1 is 0.300 bits per heavy atom. The Morgan fingerprint density at radius 2 is 0.400 bits per heavy atom. The summed E-state index contributed by atoms with van der Waals surface area (Å²) in [6, 6.07) is 0. The van der Waals surface area contributed by atoms with Crippen molar-refractivity contribution >= 4 is 0 Å². The van der Waals surface area contributed by atoms with Crippen LogP contribution in [0.25, 0.3) is 0 Å². The Kier molecular flexibility index (Phi) is 14.7. The topological polar surface area (TPSA) is 0 Å². The van der Waals surface area contributed by atoms with Crippen molar-refractivity contribution in [2.45, 2.75) is 51.4 Å². The molecule has 0 unspecified atom stereocenters. The third-order valence-electron chi connectivity index (χ3n) is 2.00. The van der Waals surface area contributed by atoms with E-state index in [0.29, 0.717) is 0 Å². The van der Waals surface area contributed by atoms with Gasteiger partial charge in [-0.1, -0.05) is 51.4 Å². The molecule has 2 heteroatoms. The van der Waals surface area contributed by atoms with E-state index in [9.17, 15) is 0 Å². The average Bonchev–Trinajstić information content (AvgIpc) is 1.62. The first-order valence-electron chi connectivity index (χ1n) is 4.00. The molecule has 1 aliphatic carbocycles. The maximum absolute atomic E-state index is 1.50. The quantitative estimate of drug-likeness (QED) is 0.444. The Bertz CT molecular complexity index is 31.2. The van der Waals surface area contributed by atoms with E-state index in [1.54, 1.807) is 0 Å². The fourth-order valence-electron chi connectivity index (χ4n) is 1.41. The van der Waals surface area contributed by atoms with Gasteiger partial charge in [-0.2, -0.15) is 0 Å². The monoisotopic (exact) mass is 506 g/mol. The van der Waals surface area contributed by atoms with Gasteiger partial charge in [-0.15, -0.1) is 0 Å². The van der Waals surface area contributed by atoms with Crippen LogP contribution in [0.2, 0.25) is 0 Å². The minimum absolute atomic E-state index is 0. The predicted molar refractivity (Wildman–Crippen MR) is 36.9 cm³/mol. The Hall–Kier alpha value is 1.48. The zero-order chi connectivity index (χ0) is 5.66. The van der Waals surface area contributed by atoms with Gasteiger partial charge in [0.05, 0.1) is 0 Å². The zero-order valence-electron chi connectivity index (χ0n) is 6.26. The summed E-state index contributed by atoms with van der Waals surface area (Å²) in [5.41, 5.74) is 0. The summed E-state index contributed by atoms with van der Waals surface area (Å²) in [4.78, 5) is 0. The second-order valence-electron chi connectivity index (χ2n) is 2.83. The molecule has 0 atom stereocenters. The third kappa shape index (κ3) is 7.59. The van der Waals surface area contributed by atoms with Crippen LogP contribution in [0.15, 0.2) is 0 Å². The smallest absolute Gasteiger partial charge is 0 e. The van der Waals surface area contributed by atoms with Gasteiger partial charge in [0.25, 0.3) is 0 Å². The summed E-state index contributed by atoms with van der Waals surface area (Å²) >= 11 is 0. The van der Waals surface area contributed by atoms with E-state index in [0.717, 1.165) is 0 Å². The number of hydrogen-bond donors (Lipinski definition) is 0. The van der Waals surface area contributed by atoms with E-state index < -0.39 is 0 Å². The SMILES string of the molecule is C1CCCCCCC1.[Au].[Au]. The minimum Gasteiger partial charge on any atom is -0.0533 e. The van der Waals surface area contributed by atoms with Crippen LogP contribution in [0, 0.1) is 0 Å². The maximum atomic E-state index is 1.50. The van der Waals surface area contributed by atoms with E-state index in [1.807, 2.05) is 0 Å². The average molecular weight is 506 g/mol. The van der Waals surface area contributed by atoms with Gasteiger partial charge in [-0.3, -0.25) is 0 Å². The third-order valence-corrected chi connectivity index (χ3v) is 2.00. The fourth-order valence-corrected chi connectivity index (χ4v) is 1.41. The van der Waals surface area contributed by atoms with Crippen LogP contribution >= 0.6 is 0 Å². The largest absolute Gasteiger partial charge is 0.0533 e. The molecule has 1 saturated carbocycles. The van der Waals surface area contributed by atoms with Crippen LogP contribution in [0.5, 0.6) is 0 Å². The van der Waals surface area contributed by atoms with E-state index in [-0.39, 0.29) is 44.8 Å². The predicted octanol–water partition coefficient (Wildman–Crippen LogP) is 3.12. The van der Waals surface area contributed by atoms with Gasteiger partial charge < -0.3 is 0 Å². The van der Waals surface area contributed by atoms with E-state index in [2.05, 4.69) is 0 Å². The molecule has 2 radical (unpaired) electrons. The van der Waals surface area contributed by atoms with Gasteiger partial charge in [0, 0.05) is 44.8 Å². The van der Waals surface area contributed by atoms with Crippen LogP contribution in [0.3, 0.4) is 0 Å². The summed E-state index contributed by atoms with van der Waals surface area (Å²) in [5.74, 6) is 0. The van der Waals surface area contributed by atoms with Crippen molar-refractivity contribution in [3.8, 4) is 0 Å². The Labute approximate surface area is 95.6 Å². The number of hydrogen-bond acceptors (Lipinski definition) is 0. The van der Waals surface area contributed by atoms with Crippen molar-refractivity contribution in [2.24, 2.45) is 0 Å². The molecule has 0 saturated heterocycles. The molecule has 0 bridgehead atoms. The molecule has 0 amide bonds. The van der Waals surface area contributed by atoms with Gasteiger partial charge in [-0.25, -0.2) is 0 Å². The molecule has 10 heavy (non-hydrogen) atoms. The molecular weight excluding hydrogens is 490 g/mol. The summed E-state index contributed by atoms with van der Waals surface area (Å²) in [7, 11) is 0. The first-order chi connectivity index (χ1) is 4.00. The van der Waals surface area contributed by atoms with Crippen LogP contribution < -0.4 is 0 Å². The van der Waals surface area contributed by atoms with Crippen molar-refractivity contribution in [1.29, 1.82) is 0 Å². The fraction of sp³-hybridized carbons (Fsp3) is 1.00. The molecule has 1 fully saturated rings. The van der Waals surface area contributed by atoms with Gasteiger partial charge in [0.1, 0.15) is 0 Å². The molecule has 0 nitrogen and oxygen atoms in total. The van der Waals surface area contributed by atoms with E-state index in [4.69, 9.17) is 0 Å². The molecule has 0 spiro atoms. The van der Waals surface area contributed by atoms with Gasteiger partial charge in [0.2, 0.25) is 0 Å². The molecule has 0 aliphatic heterocycles. The summed E-state index contributed by atoms with van der Waals surface area (Å²) in [5, 5.41) is 0. The summed E-state index contributed by atoms with van der Waals surface area (Å²) in [6.45, 7) is 0. The van der Waals surface area contributed by atoms with Crippen molar-refractivity contribution in [1.82, 2.24) is 0 Å². The van der Waals surface area contributed by atoms with Crippen LogP contribution in [-0.2, 0) is 44.8 Å². The van der Waals surface area contributed by atoms with Gasteiger partial charge in [0.15, 0.2) is 0 Å². The van der Waals surface area contributed by atoms with Crippen LogP contribution in [0.1, 0.15) is 51.4 Å². The molecule has 1 aliphatic rings. The molecule has 0 aromatic heterocycles. The normalized spacial score (nSPS) is 19.2. The molecule has 0 heterocycles. The molecular formula is C8H16Au2. The number of rotatable bonds is 0. The molecule has 0 aromatic rings. The van der Waals surface area contributed by atoms with E-state index in [1.165, 1.54) is 51.4 Å². The van der Waals surface area contributed by atoms with Crippen molar-refractivity contribution in [3.05, 3.63) is 0 Å². The van der Waals surface area contributed by atoms with E-state index >= 15 is 0 Å². The van der Waals surface area contributed by atoms with Crippen LogP contribution in [0.4, 0.5) is 0 Å². The first kappa shape index (κ1) is 14.0. The van der Waals surface area contributed by atoms with Crippen molar-refractivity contribution in [3.63, 3.8) is 0 Å². The van der Waals surface area contributed by atoms with Crippen molar-refractivity contribution in [2.75, 3.05) is 0 Å².